The first-order valence-electron chi connectivity index (χ1n) is 9.02. The van der Waals surface area contributed by atoms with Crippen molar-refractivity contribution in [1.29, 1.82) is 0 Å². The van der Waals surface area contributed by atoms with Crippen molar-refractivity contribution in [2.45, 2.75) is 19.9 Å². The fourth-order valence-corrected chi connectivity index (χ4v) is 3.89. The molecule has 148 valence electrons. The van der Waals surface area contributed by atoms with Gasteiger partial charge in [0.1, 0.15) is 5.75 Å². The van der Waals surface area contributed by atoms with Gasteiger partial charge in [0.2, 0.25) is 0 Å². The zero-order valence-corrected chi connectivity index (χ0v) is 19.3. The average Bonchev–Trinajstić information content (AvgIpc) is 3.17. The number of benzene rings is 1. The number of anilines is 1. The molecule has 0 aliphatic carbocycles. The molecule has 1 aromatic heterocycles. The maximum atomic E-state index is 5.50. The van der Waals surface area contributed by atoms with Gasteiger partial charge in [-0.1, -0.05) is 19.1 Å². The third-order valence-electron chi connectivity index (χ3n) is 4.55. The van der Waals surface area contributed by atoms with Crippen molar-refractivity contribution in [2.75, 3.05) is 45.2 Å². The molecule has 1 aliphatic heterocycles. The van der Waals surface area contributed by atoms with Crippen LogP contribution < -0.4 is 15.0 Å². The minimum Gasteiger partial charge on any atom is -0.495 e. The van der Waals surface area contributed by atoms with Crippen molar-refractivity contribution >= 4 is 47.0 Å². The summed E-state index contributed by atoms with van der Waals surface area (Å²) in [4.78, 5) is 13.7. The first-order valence-corrected chi connectivity index (χ1v) is 9.90. The zero-order chi connectivity index (χ0) is 18.4. The first kappa shape index (κ1) is 21.7. The van der Waals surface area contributed by atoms with E-state index in [1.165, 1.54) is 5.01 Å². The van der Waals surface area contributed by atoms with Gasteiger partial charge in [-0.3, -0.25) is 4.99 Å². The number of aromatic nitrogens is 1. The van der Waals surface area contributed by atoms with Gasteiger partial charge in [-0.2, -0.15) is 0 Å². The lowest BCUT2D eigenvalue weighted by molar-refractivity contribution is 0.367. The number of rotatable bonds is 5. The largest absolute Gasteiger partial charge is 0.495 e. The van der Waals surface area contributed by atoms with E-state index < -0.39 is 0 Å². The molecule has 8 heteroatoms. The summed E-state index contributed by atoms with van der Waals surface area (Å²) in [7, 11) is 3.57. The van der Waals surface area contributed by atoms with Crippen molar-refractivity contribution in [3.8, 4) is 5.75 Å². The number of halogens is 1. The van der Waals surface area contributed by atoms with Gasteiger partial charge in [0.05, 0.1) is 30.0 Å². The molecule has 1 aromatic carbocycles. The van der Waals surface area contributed by atoms with Crippen LogP contribution in [0.15, 0.2) is 34.6 Å². The lowest BCUT2D eigenvalue weighted by atomic mass is 10.2. The number of guanidine groups is 1. The number of aliphatic imine (C=N–C) groups is 1. The highest BCUT2D eigenvalue weighted by Gasteiger charge is 2.21. The molecular formula is C19H28IN5OS. The number of hydrogen-bond acceptors (Lipinski definition) is 5. The van der Waals surface area contributed by atoms with Gasteiger partial charge in [0.25, 0.3) is 0 Å². The summed E-state index contributed by atoms with van der Waals surface area (Å²) in [6.07, 6.45) is 0.990. The molecule has 1 fully saturated rings. The van der Waals surface area contributed by atoms with E-state index in [1.807, 2.05) is 19.2 Å². The average molecular weight is 501 g/mol. The van der Waals surface area contributed by atoms with Crippen LogP contribution in [-0.4, -0.2) is 56.2 Å². The second kappa shape index (κ2) is 10.7. The molecule has 1 N–H and O–H groups in total. The Balaban J connectivity index is 0.00000261. The highest BCUT2D eigenvalue weighted by molar-refractivity contribution is 14.0. The third kappa shape index (κ3) is 5.47. The molecule has 0 radical (unpaired) electrons. The summed E-state index contributed by atoms with van der Waals surface area (Å²) >= 11 is 1.72. The Kier molecular flexibility index (Phi) is 8.62. The van der Waals surface area contributed by atoms with E-state index in [4.69, 9.17) is 4.74 Å². The van der Waals surface area contributed by atoms with Gasteiger partial charge in [-0.25, -0.2) is 4.98 Å². The standard InChI is InChI=1S/C19H27N5OS.HI/c1-4-18-22-15(14-26-18)13-21-19(20-2)24-11-9-23(10-12-24)16-7-5-6-8-17(16)25-3;/h5-8,14H,4,9-13H2,1-3H3,(H,20,21);1H. The second-order valence-electron chi connectivity index (χ2n) is 6.13. The third-order valence-corrected chi connectivity index (χ3v) is 5.59. The van der Waals surface area contributed by atoms with Gasteiger partial charge in [-0.05, 0) is 18.6 Å². The maximum absolute atomic E-state index is 5.50. The monoisotopic (exact) mass is 501 g/mol. The molecule has 0 amide bonds. The van der Waals surface area contributed by atoms with E-state index in [-0.39, 0.29) is 24.0 Å². The van der Waals surface area contributed by atoms with Crippen LogP contribution in [0.1, 0.15) is 17.6 Å². The number of methoxy groups -OCH3 is 1. The summed E-state index contributed by atoms with van der Waals surface area (Å²) in [6, 6.07) is 8.20. The van der Waals surface area contributed by atoms with Crippen LogP contribution >= 0.6 is 35.3 Å². The smallest absolute Gasteiger partial charge is 0.194 e. The molecule has 0 atom stereocenters. The van der Waals surface area contributed by atoms with E-state index in [0.717, 1.165) is 62.2 Å². The summed E-state index contributed by atoms with van der Waals surface area (Å²) in [5, 5.41) is 6.75. The second-order valence-corrected chi connectivity index (χ2v) is 7.08. The van der Waals surface area contributed by atoms with Crippen LogP contribution in [0.25, 0.3) is 0 Å². The molecule has 0 bridgehead atoms. The molecular weight excluding hydrogens is 473 g/mol. The van der Waals surface area contributed by atoms with Crippen LogP contribution in [0.4, 0.5) is 5.69 Å². The molecule has 6 nitrogen and oxygen atoms in total. The maximum Gasteiger partial charge on any atom is 0.194 e. The summed E-state index contributed by atoms with van der Waals surface area (Å²) in [5.41, 5.74) is 2.24. The predicted octanol–water partition coefficient (Wildman–Crippen LogP) is 3.23. The molecule has 0 unspecified atom stereocenters. The molecule has 3 rings (SSSR count). The lowest BCUT2D eigenvalue weighted by Gasteiger charge is -2.38. The fourth-order valence-electron chi connectivity index (χ4n) is 3.14. The quantitative estimate of drug-likeness (QED) is 0.388. The summed E-state index contributed by atoms with van der Waals surface area (Å²) in [5.74, 6) is 1.87. The Morgan fingerprint density at radius 1 is 1.26 bits per heavy atom. The zero-order valence-electron chi connectivity index (χ0n) is 16.1. The molecule has 2 aromatic rings. The lowest BCUT2D eigenvalue weighted by Crippen LogP contribution is -2.52. The SMILES string of the molecule is CCc1nc(CNC(=NC)N2CCN(c3ccccc3OC)CC2)cs1.I. The normalized spacial score (nSPS) is 14.7. The van der Waals surface area contributed by atoms with Crippen molar-refractivity contribution in [3.63, 3.8) is 0 Å². The Hall–Kier alpha value is -1.55. The summed E-state index contributed by atoms with van der Waals surface area (Å²) in [6.45, 7) is 6.59. The van der Waals surface area contributed by atoms with Gasteiger partial charge in [0, 0.05) is 38.6 Å². The Labute approximate surface area is 182 Å². The van der Waals surface area contributed by atoms with Crippen molar-refractivity contribution in [3.05, 3.63) is 40.3 Å². The highest BCUT2D eigenvalue weighted by Crippen LogP contribution is 2.28. The fraction of sp³-hybridized carbons (Fsp3) is 0.474. The van der Waals surface area contributed by atoms with Gasteiger partial charge >= 0.3 is 0 Å². The van der Waals surface area contributed by atoms with Gasteiger partial charge in [0.15, 0.2) is 5.96 Å². The molecule has 1 saturated heterocycles. The minimum atomic E-state index is 0. The number of piperazine rings is 1. The van der Waals surface area contributed by atoms with Gasteiger partial charge < -0.3 is 19.9 Å². The van der Waals surface area contributed by atoms with Gasteiger partial charge in [-0.15, -0.1) is 35.3 Å². The Morgan fingerprint density at radius 3 is 2.63 bits per heavy atom. The topological polar surface area (TPSA) is 53.0 Å². The summed E-state index contributed by atoms with van der Waals surface area (Å²) < 4.78 is 5.50. The van der Waals surface area contributed by atoms with E-state index in [9.17, 15) is 0 Å². The number of ether oxygens (including phenoxy) is 1. The number of hydrogen-bond donors (Lipinski definition) is 1. The molecule has 1 aliphatic rings. The van der Waals surface area contributed by atoms with E-state index in [0.29, 0.717) is 0 Å². The minimum absolute atomic E-state index is 0. The Morgan fingerprint density at radius 2 is 2.00 bits per heavy atom. The Bertz CT molecular complexity index is 743. The van der Waals surface area contributed by atoms with Crippen LogP contribution in [0.5, 0.6) is 5.75 Å². The molecule has 0 spiro atoms. The van der Waals surface area contributed by atoms with E-state index >= 15 is 0 Å². The van der Waals surface area contributed by atoms with Crippen molar-refractivity contribution in [1.82, 2.24) is 15.2 Å². The number of nitrogens with one attached hydrogen (secondary N) is 1. The van der Waals surface area contributed by atoms with E-state index in [1.54, 1.807) is 18.4 Å². The predicted molar refractivity (Wildman–Crippen MR) is 124 cm³/mol. The van der Waals surface area contributed by atoms with Crippen LogP contribution in [0.2, 0.25) is 0 Å². The van der Waals surface area contributed by atoms with Crippen LogP contribution in [0.3, 0.4) is 0 Å². The van der Waals surface area contributed by atoms with Crippen LogP contribution in [-0.2, 0) is 13.0 Å². The van der Waals surface area contributed by atoms with Crippen LogP contribution in [0, 0.1) is 0 Å². The number of nitrogens with zero attached hydrogens (tertiary/aromatic N) is 4. The highest BCUT2D eigenvalue weighted by atomic mass is 127. The molecule has 27 heavy (non-hydrogen) atoms. The van der Waals surface area contributed by atoms with Crippen molar-refractivity contribution in [2.24, 2.45) is 4.99 Å². The van der Waals surface area contributed by atoms with E-state index in [2.05, 4.69) is 49.5 Å². The number of thiazole rings is 1. The number of para-hydroxylation sites is 2. The number of aryl methyl sites for hydroxylation is 1. The molecule has 0 saturated carbocycles. The van der Waals surface area contributed by atoms with Crippen molar-refractivity contribution < 1.29 is 4.74 Å². The first-order chi connectivity index (χ1) is 12.7. The molecule has 2 heterocycles.